The summed E-state index contributed by atoms with van der Waals surface area (Å²) < 4.78 is 42.7. The Bertz CT molecular complexity index is 614. The Balaban J connectivity index is 2.27. The van der Waals surface area contributed by atoms with Crippen LogP contribution in [-0.4, -0.2) is 15.3 Å². The lowest BCUT2D eigenvalue weighted by atomic mass is 10.2. The third-order valence-electron chi connectivity index (χ3n) is 2.03. The number of carbonyl (C=O) groups excluding carboxylic acids is 1. The molecule has 0 aliphatic heterocycles. The molecule has 0 aliphatic carbocycles. The number of nitrogens with zero attached hydrogens (tertiary/aromatic N) is 2. The molecular formula is C10H6F3N3OS. The number of hydrogen-bond acceptors (Lipinski definition) is 4. The van der Waals surface area contributed by atoms with E-state index in [9.17, 15) is 18.0 Å². The van der Waals surface area contributed by atoms with E-state index in [1.807, 2.05) is 0 Å². The second kappa shape index (κ2) is 4.73. The van der Waals surface area contributed by atoms with Crippen LogP contribution in [0.2, 0.25) is 0 Å². The van der Waals surface area contributed by atoms with E-state index in [0.29, 0.717) is 11.9 Å². The lowest BCUT2D eigenvalue weighted by Crippen LogP contribution is -2.15. The first-order chi connectivity index (χ1) is 8.49. The zero-order valence-corrected chi connectivity index (χ0v) is 9.82. The molecule has 1 heterocycles. The number of halogens is 3. The van der Waals surface area contributed by atoms with Crippen LogP contribution in [0.15, 0.2) is 12.1 Å². The van der Waals surface area contributed by atoms with E-state index in [4.69, 9.17) is 0 Å². The van der Waals surface area contributed by atoms with Gasteiger partial charge in [-0.1, -0.05) is 0 Å². The minimum atomic E-state index is -1.68. The minimum absolute atomic E-state index is 0.154. The third kappa shape index (κ3) is 2.33. The Kier molecular flexibility index (Phi) is 3.28. The van der Waals surface area contributed by atoms with Gasteiger partial charge in [-0.2, -0.15) is 4.37 Å². The van der Waals surface area contributed by atoms with Crippen molar-refractivity contribution in [2.45, 2.75) is 6.92 Å². The molecule has 18 heavy (non-hydrogen) atoms. The molecule has 1 aromatic carbocycles. The molecule has 94 valence electrons. The molecule has 1 N–H and O–H groups in total. The molecule has 2 rings (SSSR count). The topological polar surface area (TPSA) is 54.9 Å². The van der Waals surface area contributed by atoms with Crippen LogP contribution in [0.5, 0.6) is 0 Å². The summed E-state index contributed by atoms with van der Waals surface area (Å²) >= 11 is 0.902. The number of hydrogen-bond donors (Lipinski definition) is 1. The van der Waals surface area contributed by atoms with Crippen LogP contribution in [0.25, 0.3) is 0 Å². The number of aromatic nitrogens is 2. The van der Waals surface area contributed by atoms with Crippen molar-refractivity contribution in [2.75, 3.05) is 5.32 Å². The quantitative estimate of drug-likeness (QED) is 0.855. The molecule has 0 aliphatic rings. The van der Waals surface area contributed by atoms with Gasteiger partial charge in [0.15, 0.2) is 17.5 Å². The van der Waals surface area contributed by atoms with Crippen molar-refractivity contribution >= 4 is 22.6 Å². The first kappa shape index (κ1) is 12.5. The molecular weight excluding hydrogens is 267 g/mol. The zero-order valence-electron chi connectivity index (χ0n) is 9.00. The van der Waals surface area contributed by atoms with Crippen LogP contribution in [0.3, 0.4) is 0 Å². The van der Waals surface area contributed by atoms with Crippen molar-refractivity contribution in [3.63, 3.8) is 0 Å². The van der Waals surface area contributed by atoms with E-state index in [1.54, 1.807) is 6.92 Å². The molecule has 0 unspecified atom stereocenters. The standard InChI is InChI=1S/C10H6F3N3OS/c1-4-14-10(18-16-4)15-9(17)5-2-3-6(11)8(13)7(5)12/h2-3H,1H3,(H,14,15,16,17). The number of benzene rings is 1. The van der Waals surface area contributed by atoms with Gasteiger partial charge in [0.1, 0.15) is 5.82 Å². The summed E-state index contributed by atoms with van der Waals surface area (Å²) in [6.07, 6.45) is 0. The summed E-state index contributed by atoms with van der Waals surface area (Å²) in [7, 11) is 0. The lowest BCUT2D eigenvalue weighted by Gasteiger charge is -2.03. The van der Waals surface area contributed by atoms with Gasteiger partial charge in [0.25, 0.3) is 5.91 Å². The van der Waals surface area contributed by atoms with Gasteiger partial charge in [-0.15, -0.1) is 0 Å². The SMILES string of the molecule is Cc1nsc(NC(=O)c2ccc(F)c(F)c2F)n1. The predicted octanol–water partition coefficient (Wildman–Crippen LogP) is 2.52. The molecule has 8 heteroatoms. The maximum Gasteiger partial charge on any atom is 0.260 e. The Morgan fingerprint density at radius 1 is 1.28 bits per heavy atom. The highest BCUT2D eigenvalue weighted by atomic mass is 32.1. The van der Waals surface area contributed by atoms with E-state index < -0.39 is 28.9 Å². The third-order valence-corrected chi connectivity index (χ3v) is 2.75. The van der Waals surface area contributed by atoms with Crippen molar-refractivity contribution < 1.29 is 18.0 Å². The molecule has 0 radical (unpaired) electrons. The van der Waals surface area contributed by atoms with Crippen LogP contribution in [0, 0.1) is 24.4 Å². The molecule has 0 fully saturated rings. The highest BCUT2D eigenvalue weighted by Gasteiger charge is 2.19. The molecule has 0 saturated heterocycles. The normalized spacial score (nSPS) is 10.4. The van der Waals surface area contributed by atoms with Gasteiger partial charge in [-0.25, -0.2) is 18.2 Å². The Labute approximate surface area is 104 Å². The van der Waals surface area contributed by atoms with E-state index >= 15 is 0 Å². The summed E-state index contributed by atoms with van der Waals surface area (Å²) in [4.78, 5) is 15.4. The molecule has 2 aromatic rings. The summed E-state index contributed by atoms with van der Waals surface area (Å²) in [5.74, 6) is -5.04. The van der Waals surface area contributed by atoms with Crippen LogP contribution >= 0.6 is 11.5 Å². The summed E-state index contributed by atoms with van der Waals surface area (Å²) in [6, 6.07) is 1.54. The predicted molar refractivity (Wildman–Crippen MR) is 58.9 cm³/mol. The van der Waals surface area contributed by atoms with E-state index in [2.05, 4.69) is 14.7 Å². The first-order valence-corrected chi connectivity index (χ1v) is 5.51. The second-order valence-corrected chi connectivity index (χ2v) is 4.08. The van der Waals surface area contributed by atoms with Crippen molar-refractivity contribution in [2.24, 2.45) is 0 Å². The van der Waals surface area contributed by atoms with Gasteiger partial charge >= 0.3 is 0 Å². The molecule has 1 amide bonds. The van der Waals surface area contributed by atoms with Crippen LogP contribution < -0.4 is 5.32 Å². The fourth-order valence-corrected chi connectivity index (χ4v) is 1.78. The van der Waals surface area contributed by atoms with Crippen molar-refractivity contribution in [1.29, 1.82) is 0 Å². The van der Waals surface area contributed by atoms with Gasteiger partial charge in [-0.05, 0) is 19.1 Å². The highest BCUT2D eigenvalue weighted by Crippen LogP contribution is 2.17. The van der Waals surface area contributed by atoms with E-state index in [1.165, 1.54) is 0 Å². The summed E-state index contributed by atoms with van der Waals surface area (Å²) in [5, 5.41) is 2.40. The van der Waals surface area contributed by atoms with Crippen molar-refractivity contribution in [3.8, 4) is 0 Å². The average Bonchev–Trinajstić information content (AvgIpc) is 2.71. The van der Waals surface area contributed by atoms with E-state index in [0.717, 1.165) is 17.6 Å². The Morgan fingerprint density at radius 2 is 2.00 bits per heavy atom. The maximum absolute atomic E-state index is 13.3. The van der Waals surface area contributed by atoms with E-state index in [-0.39, 0.29) is 5.13 Å². The maximum atomic E-state index is 13.3. The monoisotopic (exact) mass is 273 g/mol. The number of amides is 1. The van der Waals surface area contributed by atoms with Gasteiger partial charge in [-0.3, -0.25) is 10.1 Å². The van der Waals surface area contributed by atoms with Gasteiger partial charge < -0.3 is 0 Å². The molecule has 0 atom stereocenters. The Hall–Kier alpha value is -1.96. The minimum Gasteiger partial charge on any atom is -0.296 e. The molecule has 1 aromatic heterocycles. The highest BCUT2D eigenvalue weighted by molar-refractivity contribution is 7.09. The fourth-order valence-electron chi connectivity index (χ4n) is 1.21. The number of aryl methyl sites for hydroxylation is 1. The second-order valence-electron chi connectivity index (χ2n) is 3.32. The average molecular weight is 273 g/mol. The number of nitrogens with one attached hydrogen (secondary N) is 1. The van der Waals surface area contributed by atoms with Gasteiger partial charge in [0.05, 0.1) is 5.56 Å². The first-order valence-electron chi connectivity index (χ1n) is 4.74. The lowest BCUT2D eigenvalue weighted by molar-refractivity contribution is 0.102. The molecule has 0 bridgehead atoms. The van der Waals surface area contributed by atoms with Gasteiger partial charge in [0.2, 0.25) is 5.13 Å². The number of anilines is 1. The van der Waals surface area contributed by atoms with Crippen LogP contribution in [0.4, 0.5) is 18.3 Å². The summed E-state index contributed by atoms with van der Waals surface area (Å²) in [5.41, 5.74) is -0.596. The number of carbonyl (C=O) groups is 1. The smallest absolute Gasteiger partial charge is 0.260 e. The van der Waals surface area contributed by atoms with Crippen molar-refractivity contribution in [3.05, 3.63) is 41.0 Å². The van der Waals surface area contributed by atoms with Crippen LogP contribution in [-0.2, 0) is 0 Å². The van der Waals surface area contributed by atoms with Gasteiger partial charge in [0, 0.05) is 11.5 Å². The number of rotatable bonds is 2. The fraction of sp³-hybridized carbons (Fsp3) is 0.100. The largest absolute Gasteiger partial charge is 0.296 e. The zero-order chi connectivity index (χ0) is 13.3. The van der Waals surface area contributed by atoms with Crippen LogP contribution in [0.1, 0.15) is 16.2 Å². The van der Waals surface area contributed by atoms with Crippen molar-refractivity contribution in [1.82, 2.24) is 9.36 Å². The molecule has 0 spiro atoms. The summed E-state index contributed by atoms with van der Waals surface area (Å²) in [6.45, 7) is 1.62. The molecule has 4 nitrogen and oxygen atoms in total. The molecule has 0 saturated carbocycles. The Morgan fingerprint density at radius 3 is 2.61 bits per heavy atom.